The molecule has 0 atom stereocenters. The number of benzene rings is 3. The van der Waals surface area contributed by atoms with E-state index in [9.17, 15) is 18.3 Å². The lowest BCUT2D eigenvalue weighted by Crippen LogP contribution is -2.05. The maximum atomic E-state index is 12.8. The highest BCUT2D eigenvalue weighted by atomic mass is 19.4. The maximum absolute atomic E-state index is 12.8. The molecule has 4 aromatic rings. The summed E-state index contributed by atoms with van der Waals surface area (Å²) in [5.74, 6) is 0.360. The van der Waals surface area contributed by atoms with Crippen LogP contribution in [-0.2, 0) is 6.18 Å². The van der Waals surface area contributed by atoms with Crippen molar-refractivity contribution in [1.29, 1.82) is 0 Å². The van der Waals surface area contributed by atoms with Gasteiger partial charge in [0.2, 0.25) is 5.88 Å². The summed E-state index contributed by atoms with van der Waals surface area (Å²) >= 11 is 0. The van der Waals surface area contributed by atoms with Gasteiger partial charge >= 0.3 is 6.18 Å². The molecule has 0 aliphatic heterocycles. The third kappa shape index (κ3) is 2.44. The minimum absolute atomic E-state index is 0.0818. The molecule has 1 aromatic heterocycles. The number of phenolic OH excluding ortho intramolecular Hbond substituents is 1. The molecule has 3 aromatic carbocycles. The van der Waals surface area contributed by atoms with E-state index in [1.807, 2.05) is 12.1 Å². The Morgan fingerprint density at radius 2 is 1.62 bits per heavy atom. The number of rotatable bonds is 2. The first-order chi connectivity index (χ1) is 12.4. The normalized spacial score (nSPS) is 12.0. The van der Waals surface area contributed by atoms with Crippen molar-refractivity contribution in [2.45, 2.75) is 6.18 Å². The maximum Gasteiger partial charge on any atom is 0.416 e. The molecule has 7 heteroatoms. The smallest absolute Gasteiger partial charge is 0.416 e. The van der Waals surface area contributed by atoms with Crippen LogP contribution in [0.3, 0.4) is 0 Å². The molecule has 132 valence electrons. The van der Waals surface area contributed by atoms with E-state index >= 15 is 0 Å². The quantitative estimate of drug-likeness (QED) is 0.554. The number of nitrogens with zero attached hydrogens (tertiary/aromatic N) is 2. The standard InChI is InChI=1S/C19H13F3N2O2/c1-26-18-15-10-16(25)13-4-2-3-5-14(13)17(15)24(23-18)12-8-6-11(7-9-12)19(20,21)22/h2-10,25H,1H3. The molecule has 0 saturated carbocycles. The lowest BCUT2D eigenvalue weighted by Gasteiger charge is -2.09. The van der Waals surface area contributed by atoms with E-state index in [0.717, 1.165) is 17.5 Å². The van der Waals surface area contributed by atoms with Crippen LogP contribution in [0.15, 0.2) is 54.6 Å². The van der Waals surface area contributed by atoms with Gasteiger partial charge in [0.15, 0.2) is 0 Å². The van der Waals surface area contributed by atoms with E-state index in [1.165, 1.54) is 23.9 Å². The van der Waals surface area contributed by atoms with Crippen LogP contribution in [0.2, 0.25) is 0 Å². The number of fused-ring (bicyclic) bond motifs is 3. The first-order valence-corrected chi connectivity index (χ1v) is 7.75. The molecule has 0 aliphatic carbocycles. The van der Waals surface area contributed by atoms with Crippen molar-refractivity contribution in [3.05, 3.63) is 60.2 Å². The Hall–Kier alpha value is -3.22. The Morgan fingerprint density at radius 3 is 2.23 bits per heavy atom. The van der Waals surface area contributed by atoms with Crippen LogP contribution in [0, 0.1) is 0 Å². The van der Waals surface area contributed by atoms with Crippen molar-refractivity contribution in [3.63, 3.8) is 0 Å². The number of hydrogen-bond donors (Lipinski definition) is 1. The van der Waals surface area contributed by atoms with Gasteiger partial charge in [0.1, 0.15) is 5.75 Å². The van der Waals surface area contributed by atoms with Crippen LogP contribution in [0.5, 0.6) is 11.6 Å². The summed E-state index contributed by atoms with van der Waals surface area (Å²) in [6.07, 6.45) is -4.40. The molecule has 0 saturated heterocycles. The molecule has 0 spiro atoms. The summed E-state index contributed by atoms with van der Waals surface area (Å²) < 4.78 is 45.3. The Kier molecular flexibility index (Phi) is 3.54. The second-order valence-corrected chi connectivity index (χ2v) is 5.80. The lowest BCUT2D eigenvalue weighted by atomic mass is 10.1. The Bertz CT molecular complexity index is 1120. The molecule has 0 radical (unpaired) electrons. The monoisotopic (exact) mass is 358 g/mol. The fourth-order valence-electron chi connectivity index (χ4n) is 3.06. The average molecular weight is 358 g/mol. The molecule has 4 rings (SSSR count). The van der Waals surface area contributed by atoms with Crippen LogP contribution >= 0.6 is 0 Å². The predicted octanol–water partition coefficient (Wildman–Crippen LogP) is 4.91. The van der Waals surface area contributed by atoms with Crippen LogP contribution in [0.4, 0.5) is 13.2 Å². The number of halogens is 3. The van der Waals surface area contributed by atoms with E-state index < -0.39 is 11.7 Å². The minimum Gasteiger partial charge on any atom is -0.507 e. The molecular weight excluding hydrogens is 345 g/mol. The molecule has 0 bridgehead atoms. The van der Waals surface area contributed by atoms with Crippen molar-refractivity contribution in [1.82, 2.24) is 9.78 Å². The topological polar surface area (TPSA) is 47.3 Å². The van der Waals surface area contributed by atoms with Crippen molar-refractivity contribution in [3.8, 4) is 17.3 Å². The van der Waals surface area contributed by atoms with Crippen LogP contribution in [-0.4, -0.2) is 22.0 Å². The third-order valence-electron chi connectivity index (χ3n) is 4.26. The van der Waals surface area contributed by atoms with Gasteiger partial charge in [0.25, 0.3) is 0 Å². The predicted molar refractivity (Wildman–Crippen MR) is 91.8 cm³/mol. The van der Waals surface area contributed by atoms with Gasteiger partial charge in [-0.3, -0.25) is 0 Å². The fourth-order valence-corrected chi connectivity index (χ4v) is 3.06. The van der Waals surface area contributed by atoms with E-state index in [2.05, 4.69) is 5.10 Å². The zero-order chi connectivity index (χ0) is 18.5. The van der Waals surface area contributed by atoms with Crippen molar-refractivity contribution in [2.24, 2.45) is 0 Å². The van der Waals surface area contributed by atoms with E-state index in [4.69, 9.17) is 4.74 Å². The van der Waals surface area contributed by atoms with Crippen LogP contribution < -0.4 is 4.74 Å². The average Bonchev–Trinajstić information content (AvgIpc) is 3.00. The third-order valence-corrected chi connectivity index (χ3v) is 4.26. The fraction of sp³-hybridized carbons (Fsp3) is 0.105. The lowest BCUT2D eigenvalue weighted by molar-refractivity contribution is -0.137. The van der Waals surface area contributed by atoms with Gasteiger partial charge in [-0.15, -0.1) is 5.10 Å². The summed E-state index contributed by atoms with van der Waals surface area (Å²) in [5.41, 5.74) is 0.379. The number of methoxy groups -OCH3 is 1. The van der Waals surface area contributed by atoms with Gasteiger partial charge in [0.05, 0.1) is 29.3 Å². The summed E-state index contributed by atoms with van der Waals surface area (Å²) in [4.78, 5) is 0. The highest BCUT2D eigenvalue weighted by molar-refractivity contribution is 6.10. The zero-order valence-electron chi connectivity index (χ0n) is 13.6. The van der Waals surface area contributed by atoms with Gasteiger partial charge < -0.3 is 9.84 Å². The summed E-state index contributed by atoms with van der Waals surface area (Å²) in [5, 5.41) is 16.6. The molecule has 0 unspecified atom stereocenters. The minimum atomic E-state index is -4.40. The Balaban J connectivity index is 2.02. The summed E-state index contributed by atoms with van der Waals surface area (Å²) in [6.45, 7) is 0. The summed E-state index contributed by atoms with van der Waals surface area (Å²) in [7, 11) is 1.45. The first-order valence-electron chi connectivity index (χ1n) is 7.75. The number of ether oxygens (including phenoxy) is 1. The largest absolute Gasteiger partial charge is 0.507 e. The molecule has 0 amide bonds. The number of hydrogen-bond acceptors (Lipinski definition) is 3. The van der Waals surface area contributed by atoms with Crippen LogP contribution in [0.25, 0.3) is 27.4 Å². The van der Waals surface area contributed by atoms with Gasteiger partial charge in [-0.2, -0.15) is 13.2 Å². The van der Waals surface area contributed by atoms with E-state index in [1.54, 1.807) is 18.2 Å². The van der Waals surface area contributed by atoms with Gasteiger partial charge in [-0.1, -0.05) is 24.3 Å². The molecule has 1 N–H and O–H groups in total. The SMILES string of the molecule is COc1nn(-c2ccc(C(F)(F)F)cc2)c2c1cc(O)c1ccccc12. The molecule has 26 heavy (non-hydrogen) atoms. The second kappa shape index (κ2) is 5.66. The number of alkyl halides is 3. The Labute approximate surface area is 146 Å². The first kappa shape index (κ1) is 16.3. The Morgan fingerprint density at radius 1 is 0.962 bits per heavy atom. The van der Waals surface area contributed by atoms with Gasteiger partial charge in [-0.25, -0.2) is 4.68 Å². The molecule has 1 heterocycles. The number of aromatic hydroxyl groups is 1. The number of phenols is 1. The van der Waals surface area contributed by atoms with Crippen LogP contribution in [0.1, 0.15) is 5.56 Å². The van der Waals surface area contributed by atoms with Gasteiger partial charge in [-0.05, 0) is 30.3 Å². The van der Waals surface area contributed by atoms with Crippen molar-refractivity contribution in [2.75, 3.05) is 7.11 Å². The van der Waals surface area contributed by atoms with Crippen molar-refractivity contribution < 1.29 is 23.0 Å². The van der Waals surface area contributed by atoms with E-state index in [0.29, 0.717) is 22.0 Å². The molecule has 4 nitrogen and oxygen atoms in total. The molecular formula is C19H13F3N2O2. The highest BCUT2D eigenvalue weighted by Crippen LogP contribution is 2.38. The van der Waals surface area contributed by atoms with Crippen molar-refractivity contribution >= 4 is 21.7 Å². The second-order valence-electron chi connectivity index (χ2n) is 5.80. The van der Waals surface area contributed by atoms with Gasteiger partial charge in [0, 0.05) is 10.8 Å². The highest BCUT2D eigenvalue weighted by Gasteiger charge is 2.30. The zero-order valence-corrected chi connectivity index (χ0v) is 13.6. The summed E-state index contributed by atoms with van der Waals surface area (Å²) in [6, 6.07) is 13.5. The number of aromatic nitrogens is 2. The van der Waals surface area contributed by atoms with E-state index in [-0.39, 0.29) is 11.6 Å². The molecule has 0 fully saturated rings. The molecule has 0 aliphatic rings.